The van der Waals surface area contributed by atoms with E-state index in [0.717, 1.165) is 22.9 Å². The number of aryl methyl sites for hydroxylation is 1. The van der Waals surface area contributed by atoms with Crippen molar-refractivity contribution < 1.29 is 23.1 Å². The van der Waals surface area contributed by atoms with Gasteiger partial charge in [0.25, 0.3) is 0 Å². The third-order valence-electron chi connectivity index (χ3n) is 6.51. The molecule has 2 aromatic carbocycles. The molecule has 0 radical (unpaired) electrons. The molecule has 196 valence electrons. The Morgan fingerprint density at radius 1 is 1.05 bits per heavy atom. The average molecular weight is 524 g/mol. The van der Waals surface area contributed by atoms with Crippen LogP contribution in [0.15, 0.2) is 36.4 Å². The van der Waals surface area contributed by atoms with Gasteiger partial charge in [-0.15, -0.1) is 0 Å². The summed E-state index contributed by atoms with van der Waals surface area (Å²) in [5.41, 5.74) is 11.8. The van der Waals surface area contributed by atoms with E-state index < -0.39 is 27.7 Å². The maximum absolute atomic E-state index is 13.1. The number of aromatic nitrogens is 1. The molecule has 3 N–H and O–H groups in total. The lowest BCUT2D eigenvalue weighted by Gasteiger charge is -2.37. The zero-order chi connectivity index (χ0) is 27.4. The van der Waals surface area contributed by atoms with Gasteiger partial charge in [0, 0.05) is 11.1 Å². The molecule has 2 heterocycles. The van der Waals surface area contributed by atoms with E-state index in [0.29, 0.717) is 45.0 Å². The Morgan fingerprint density at radius 3 is 2.22 bits per heavy atom. The number of anilines is 2. The van der Waals surface area contributed by atoms with Gasteiger partial charge < -0.3 is 15.6 Å². The van der Waals surface area contributed by atoms with Gasteiger partial charge in [-0.2, -0.15) is 0 Å². The van der Waals surface area contributed by atoms with Crippen LogP contribution in [0.4, 0.5) is 11.5 Å². The SMILES string of the molecule is Cc1ccc(-c2c(C)c3c(c(C)c2[C@H](OC(C)(C)C)C(=O)O)N(S(C)(=O)=O)Cc2ccc(N)nc2-3)cc1. The molecule has 1 atom stereocenters. The molecule has 0 bridgehead atoms. The first-order valence-electron chi connectivity index (χ1n) is 12.0. The number of nitrogen functional groups attached to an aromatic ring is 1. The average Bonchev–Trinajstić information content (AvgIpc) is 2.78. The lowest BCUT2D eigenvalue weighted by Crippen LogP contribution is -2.35. The number of nitrogens with zero attached hydrogens (tertiary/aromatic N) is 2. The number of nitrogens with two attached hydrogens (primary N) is 1. The minimum atomic E-state index is -3.73. The Labute approximate surface area is 218 Å². The Bertz CT molecular complexity index is 1510. The lowest BCUT2D eigenvalue weighted by atomic mass is 9.81. The molecule has 0 spiro atoms. The summed E-state index contributed by atoms with van der Waals surface area (Å²) in [7, 11) is -3.73. The van der Waals surface area contributed by atoms with E-state index in [4.69, 9.17) is 10.5 Å². The van der Waals surface area contributed by atoms with Gasteiger partial charge in [0.05, 0.1) is 29.8 Å². The van der Waals surface area contributed by atoms with Crippen molar-refractivity contribution in [1.82, 2.24) is 4.98 Å². The minimum absolute atomic E-state index is 0.0654. The maximum Gasteiger partial charge on any atom is 0.337 e. The van der Waals surface area contributed by atoms with Crippen molar-refractivity contribution in [3.63, 3.8) is 0 Å². The van der Waals surface area contributed by atoms with Crippen molar-refractivity contribution in [3.8, 4) is 22.4 Å². The number of aliphatic carboxylic acids is 1. The standard InChI is InChI=1S/C28H33N3O5S/c1-15-8-10-18(11-9-15)21-16(2)23-24-19(12-13-20(29)30-24)14-31(37(7,34)35)25(23)17(3)22(21)26(27(32)33)36-28(4,5)6/h8-13,26H,14H2,1-7H3,(H2,29,30)(H,32,33)/t26-/m0/s1. The topological polar surface area (TPSA) is 123 Å². The number of hydrogen-bond acceptors (Lipinski definition) is 6. The molecule has 0 saturated carbocycles. The van der Waals surface area contributed by atoms with Gasteiger partial charge in [-0.1, -0.05) is 35.9 Å². The Kier molecular flexibility index (Phi) is 6.58. The summed E-state index contributed by atoms with van der Waals surface area (Å²) in [6.07, 6.45) is -0.188. The van der Waals surface area contributed by atoms with Crippen molar-refractivity contribution >= 4 is 27.5 Å². The van der Waals surface area contributed by atoms with E-state index in [-0.39, 0.29) is 6.54 Å². The molecule has 0 aliphatic carbocycles. The highest BCUT2D eigenvalue weighted by molar-refractivity contribution is 7.92. The zero-order valence-electron chi connectivity index (χ0n) is 22.2. The van der Waals surface area contributed by atoms with Crippen molar-refractivity contribution in [1.29, 1.82) is 0 Å². The quantitative estimate of drug-likeness (QED) is 0.474. The fourth-order valence-corrected chi connectivity index (χ4v) is 5.91. The van der Waals surface area contributed by atoms with E-state index in [1.807, 2.05) is 38.1 Å². The molecular formula is C28H33N3O5S. The van der Waals surface area contributed by atoms with Crippen molar-refractivity contribution in [2.24, 2.45) is 0 Å². The summed E-state index contributed by atoms with van der Waals surface area (Å²) < 4.78 is 33.5. The molecule has 3 aromatic rings. The smallest absolute Gasteiger partial charge is 0.337 e. The lowest BCUT2D eigenvalue weighted by molar-refractivity contribution is -0.160. The summed E-state index contributed by atoms with van der Waals surface area (Å²) in [4.78, 5) is 17.3. The number of sulfonamides is 1. The molecule has 37 heavy (non-hydrogen) atoms. The number of benzene rings is 2. The second kappa shape index (κ2) is 9.15. The van der Waals surface area contributed by atoms with E-state index in [2.05, 4.69) is 4.98 Å². The molecule has 0 amide bonds. The second-order valence-corrected chi connectivity index (χ2v) is 12.5. The molecular weight excluding hydrogens is 490 g/mol. The van der Waals surface area contributed by atoms with Gasteiger partial charge in [0.15, 0.2) is 6.10 Å². The summed E-state index contributed by atoms with van der Waals surface area (Å²) in [5.74, 6) is -0.842. The molecule has 1 aromatic heterocycles. The van der Waals surface area contributed by atoms with E-state index in [1.54, 1.807) is 39.8 Å². The van der Waals surface area contributed by atoms with Crippen LogP contribution in [0, 0.1) is 20.8 Å². The Balaban J connectivity index is 2.22. The Hall–Kier alpha value is -3.43. The highest BCUT2D eigenvalue weighted by Crippen LogP contribution is 2.51. The first-order valence-corrected chi connectivity index (χ1v) is 13.8. The number of fused-ring (bicyclic) bond motifs is 3. The fraction of sp³-hybridized carbons (Fsp3) is 0.357. The van der Waals surface area contributed by atoms with Crippen molar-refractivity contribution in [2.45, 2.75) is 59.8 Å². The van der Waals surface area contributed by atoms with Crippen LogP contribution in [0.25, 0.3) is 22.4 Å². The molecule has 9 heteroatoms. The zero-order valence-corrected chi connectivity index (χ0v) is 23.0. The van der Waals surface area contributed by atoms with Crippen LogP contribution in [0.2, 0.25) is 0 Å². The van der Waals surface area contributed by atoms with Crippen molar-refractivity contribution in [3.05, 3.63) is 64.2 Å². The van der Waals surface area contributed by atoms with Crippen LogP contribution in [-0.4, -0.2) is 36.3 Å². The summed E-state index contributed by atoms with van der Waals surface area (Å²) in [6.45, 7) is 11.0. The normalized spacial score (nSPS) is 14.2. The highest BCUT2D eigenvalue weighted by Gasteiger charge is 2.39. The summed E-state index contributed by atoms with van der Waals surface area (Å²) >= 11 is 0. The summed E-state index contributed by atoms with van der Waals surface area (Å²) in [6, 6.07) is 11.2. The first kappa shape index (κ1) is 26.6. The van der Waals surface area contributed by atoms with E-state index in [1.165, 1.54) is 4.31 Å². The molecule has 8 nitrogen and oxygen atoms in total. The number of pyridine rings is 1. The summed E-state index contributed by atoms with van der Waals surface area (Å²) in [5, 5.41) is 10.4. The van der Waals surface area contributed by atoms with Crippen LogP contribution in [0.1, 0.15) is 54.7 Å². The van der Waals surface area contributed by atoms with Crippen LogP contribution in [0.3, 0.4) is 0 Å². The number of carbonyl (C=O) groups is 1. The molecule has 0 saturated heterocycles. The van der Waals surface area contributed by atoms with Crippen LogP contribution >= 0.6 is 0 Å². The Morgan fingerprint density at radius 2 is 1.68 bits per heavy atom. The van der Waals surface area contributed by atoms with Gasteiger partial charge in [0.1, 0.15) is 5.82 Å². The van der Waals surface area contributed by atoms with Gasteiger partial charge in [-0.3, -0.25) is 4.31 Å². The third kappa shape index (κ3) is 4.93. The fourth-order valence-electron chi connectivity index (χ4n) is 4.98. The first-order chi connectivity index (χ1) is 17.1. The molecule has 1 aliphatic heterocycles. The number of hydrogen-bond donors (Lipinski definition) is 2. The number of ether oxygens (including phenoxy) is 1. The van der Waals surface area contributed by atoms with E-state index >= 15 is 0 Å². The van der Waals surface area contributed by atoms with Crippen LogP contribution in [0.5, 0.6) is 0 Å². The van der Waals surface area contributed by atoms with Gasteiger partial charge in [-0.25, -0.2) is 18.2 Å². The minimum Gasteiger partial charge on any atom is -0.479 e. The van der Waals surface area contributed by atoms with Gasteiger partial charge in [-0.05, 0) is 75.4 Å². The number of rotatable bonds is 5. The van der Waals surface area contributed by atoms with Gasteiger partial charge >= 0.3 is 5.97 Å². The third-order valence-corrected chi connectivity index (χ3v) is 7.63. The van der Waals surface area contributed by atoms with Crippen molar-refractivity contribution in [2.75, 3.05) is 16.3 Å². The number of carboxylic acids is 1. The predicted molar refractivity (Wildman–Crippen MR) is 146 cm³/mol. The highest BCUT2D eigenvalue weighted by atomic mass is 32.2. The largest absolute Gasteiger partial charge is 0.479 e. The molecule has 0 unspecified atom stereocenters. The molecule has 0 fully saturated rings. The van der Waals surface area contributed by atoms with Gasteiger partial charge in [0.2, 0.25) is 10.0 Å². The van der Waals surface area contributed by atoms with Crippen LogP contribution < -0.4 is 10.0 Å². The molecule has 4 rings (SSSR count). The monoisotopic (exact) mass is 523 g/mol. The van der Waals surface area contributed by atoms with E-state index in [9.17, 15) is 18.3 Å². The predicted octanol–water partition coefficient (Wildman–Crippen LogP) is 5.14. The van der Waals surface area contributed by atoms with Crippen LogP contribution in [-0.2, 0) is 26.1 Å². The maximum atomic E-state index is 13.1. The molecule has 1 aliphatic rings. The second-order valence-electron chi connectivity index (χ2n) is 10.6. The number of carboxylic acid groups (broad SMARTS) is 1.